The molecular weight excluding hydrogens is 268 g/mol. The molecule has 0 heterocycles. The number of hydrogen-bond donors (Lipinski definition) is 0. The SMILES string of the molecule is COc1ccc(Br)c(Oc2ccccc2)c1. The van der Waals surface area contributed by atoms with Gasteiger partial charge in [0.25, 0.3) is 0 Å². The van der Waals surface area contributed by atoms with Crippen molar-refractivity contribution in [2.75, 3.05) is 7.11 Å². The molecule has 0 radical (unpaired) electrons. The molecule has 2 rings (SSSR count). The van der Waals surface area contributed by atoms with Crippen LogP contribution in [0.2, 0.25) is 0 Å². The van der Waals surface area contributed by atoms with Gasteiger partial charge >= 0.3 is 0 Å². The van der Waals surface area contributed by atoms with Gasteiger partial charge in [-0.2, -0.15) is 0 Å². The average molecular weight is 279 g/mol. The van der Waals surface area contributed by atoms with E-state index in [4.69, 9.17) is 9.47 Å². The Bertz CT molecular complexity index is 469. The molecule has 0 aliphatic heterocycles. The van der Waals surface area contributed by atoms with Crippen LogP contribution in [0.25, 0.3) is 0 Å². The van der Waals surface area contributed by atoms with Gasteiger partial charge in [-0.15, -0.1) is 0 Å². The molecule has 0 unspecified atom stereocenters. The Hall–Kier alpha value is -1.48. The molecule has 0 aromatic heterocycles. The highest BCUT2D eigenvalue weighted by Crippen LogP contribution is 2.32. The fraction of sp³-hybridized carbons (Fsp3) is 0.0769. The second-order valence-corrected chi connectivity index (χ2v) is 4.07. The van der Waals surface area contributed by atoms with Crippen molar-refractivity contribution in [2.24, 2.45) is 0 Å². The quantitative estimate of drug-likeness (QED) is 0.836. The van der Waals surface area contributed by atoms with Crippen molar-refractivity contribution in [3.63, 3.8) is 0 Å². The van der Waals surface area contributed by atoms with Crippen LogP contribution in [0.15, 0.2) is 53.0 Å². The van der Waals surface area contributed by atoms with Crippen molar-refractivity contribution >= 4 is 15.9 Å². The van der Waals surface area contributed by atoms with Gasteiger partial charge in [0.05, 0.1) is 11.6 Å². The minimum Gasteiger partial charge on any atom is -0.497 e. The van der Waals surface area contributed by atoms with E-state index in [9.17, 15) is 0 Å². The fourth-order valence-electron chi connectivity index (χ4n) is 1.30. The molecule has 0 saturated carbocycles. The lowest BCUT2D eigenvalue weighted by Crippen LogP contribution is -1.87. The lowest BCUT2D eigenvalue weighted by molar-refractivity contribution is 0.408. The van der Waals surface area contributed by atoms with E-state index in [0.29, 0.717) is 0 Å². The Labute approximate surface area is 103 Å². The summed E-state index contributed by atoms with van der Waals surface area (Å²) in [5, 5.41) is 0. The number of ether oxygens (including phenoxy) is 2. The number of methoxy groups -OCH3 is 1. The van der Waals surface area contributed by atoms with Crippen molar-refractivity contribution in [3.8, 4) is 17.2 Å². The molecule has 0 spiro atoms. The van der Waals surface area contributed by atoms with Crippen LogP contribution in [0, 0.1) is 0 Å². The van der Waals surface area contributed by atoms with Gasteiger partial charge in [0.15, 0.2) is 0 Å². The van der Waals surface area contributed by atoms with Gasteiger partial charge in [0.1, 0.15) is 17.2 Å². The van der Waals surface area contributed by atoms with Crippen molar-refractivity contribution in [1.29, 1.82) is 0 Å². The number of halogens is 1. The van der Waals surface area contributed by atoms with Crippen LogP contribution < -0.4 is 9.47 Å². The Morgan fingerprint density at radius 3 is 2.38 bits per heavy atom. The third-order valence-corrected chi connectivity index (χ3v) is 2.76. The zero-order valence-corrected chi connectivity index (χ0v) is 10.4. The van der Waals surface area contributed by atoms with Crippen molar-refractivity contribution < 1.29 is 9.47 Å². The number of para-hydroxylation sites is 1. The van der Waals surface area contributed by atoms with Gasteiger partial charge in [-0.25, -0.2) is 0 Å². The number of hydrogen-bond acceptors (Lipinski definition) is 2. The topological polar surface area (TPSA) is 18.5 Å². The van der Waals surface area contributed by atoms with Crippen LogP contribution in [0.4, 0.5) is 0 Å². The molecular formula is C13H11BrO2. The van der Waals surface area contributed by atoms with Gasteiger partial charge in [-0.3, -0.25) is 0 Å². The van der Waals surface area contributed by atoms with Crippen LogP contribution in [0.5, 0.6) is 17.2 Å². The van der Waals surface area contributed by atoms with Crippen LogP contribution in [0.3, 0.4) is 0 Å². The Morgan fingerprint density at radius 1 is 0.938 bits per heavy atom. The van der Waals surface area contributed by atoms with Gasteiger partial charge in [-0.1, -0.05) is 18.2 Å². The molecule has 0 amide bonds. The lowest BCUT2D eigenvalue weighted by atomic mass is 10.3. The maximum Gasteiger partial charge on any atom is 0.145 e. The third kappa shape index (κ3) is 2.55. The highest BCUT2D eigenvalue weighted by atomic mass is 79.9. The van der Waals surface area contributed by atoms with Crippen molar-refractivity contribution in [2.45, 2.75) is 0 Å². The molecule has 2 nitrogen and oxygen atoms in total. The largest absolute Gasteiger partial charge is 0.497 e. The smallest absolute Gasteiger partial charge is 0.145 e. The van der Waals surface area contributed by atoms with E-state index in [1.165, 1.54) is 0 Å². The lowest BCUT2D eigenvalue weighted by Gasteiger charge is -2.09. The Balaban J connectivity index is 2.27. The summed E-state index contributed by atoms with van der Waals surface area (Å²) in [6, 6.07) is 15.3. The average Bonchev–Trinajstić information content (AvgIpc) is 2.33. The van der Waals surface area contributed by atoms with E-state index in [0.717, 1.165) is 21.7 Å². The van der Waals surface area contributed by atoms with E-state index in [1.54, 1.807) is 7.11 Å². The van der Waals surface area contributed by atoms with Gasteiger partial charge in [0.2, 0.25) is 0 Å². The summed E-state index contributed by atoms with van der Waals surface area (Å²) in [6.45, 7) is 0. The molecule has 2 aromatic rings. The first kappa shape index (κ1) is 11.0. The fourth-order valence-corrected chi connectivity index (χ4v) is 1.63. The molecule has 0 fully saturated rings. The van der Waals surface area contributed by atoms with E-state index in [1.807, 2.05) is 48.5 Å². The molecule has 82 valence electrons. The van der Waals surface area contributed by atoms with Crippen LogP contribution in [-0.4, -0.2) is 7.11 Å². The molecule has 0 bridgehead atoms. The Morgan fingerprint density at radius 2 is 1.69 bits per heavy atom. The summed E-state index contributed by atoms with van der Waals surface area (Å²) in [6.07, 6.45) is 0. The number of rotatable bonds is 3. The molecule has 16 heavy (non-hydrogen) atoms. The first-order valence-corrected chi connectivity index (χ1v) is 5.65. The zero-order valence-electron chi connectivity index (χ0n) is 8.81. The minimum absolute atomic E-state index is 0.741. The van der Waals surface area contributed by atoms with Crippen molar-refractivity contribution in [1.82, 2.24) is 0 Å². The summed E-state index contributed by atoms with van der Waals surface area (Å²) < 4.78 is 11.8. The molecule has 0 saturated heterocycles. The van der Waals surface area contributed by atoms with Crippen LogP contribution >= 0.6 is 15.9 Å². The van der Waals surface area contributed by atoms with E-state index >= 15 is 0 Å². The highest BCUT2D eigenvalue weighted by Gasteiger charge is 2.04. The Kier molecular flexibility index (Phi) is 3.47. The summed E-state index contributed by atoms with van der Waals surface area (Å²) in [5.74, 6) is 2.32. The van der Waals surface area contributed by atoms with Crippen LogP contribution in [-0.2, 0) is 0 Å². The maximum absolute atomic E-state index is 5.72. The standard InChI is InChI=1S/C13H11BrO2/c1-15-11-7-8-12(14)13(9-11)16-10-5-3-2-4-6-10/h2-9H,1H3. The monoisotopic (exact) mass is 278 g/mol. The minimum atomic E-state index is 0.741. The molecule has 0 atom stereocenters. The first-order valence-electron chi connectivity index (χ1n) is 4.86. The third-order valence-electron chi connectivity index (χ3n) is 2.11. The van der Waals surface area contributed by atoms with E-state index < -0.39 is 0 Å². The van der Waals surface area contributed by atoms with Crippen molar-refractivity contribution in [3.05, 3.63) is 53.0 Å². The second kappa shape index (κ2) is 5.03. The first-order chi connectivity index (χ1) is 7.79. The summed E-state index contributed by atoms with van der Waals surface area (Å²) in [4.78, 5) is 0. The highest BCUT2D eigenvalue weighted by molar-refractivity contribution is 9.10. The molecule has 3 heteroatoms. The van der Waals surface area contributed by atoms with Crippen LogP contribution in [0.1, 0.15) is 0 Å². The normalized spacial score (nSPS) is 9.88. The maximum atomic E-state index is 5.72. The summed E-state index contributed by atoms with van der Waals surface area (Å²) in [7, 11) is 1.63. The zero-order chi connectivity index (χ0) is 11.4. The van der Waals surface area contributed by atoms with E-state index in [-0.39, 0.29) is 0 Å². The summed E-state index contributed by atoms with van der Waals surface area (Å²) in [5.41, 5.74) is 0. The predicted molar refractivity (Wildman–Crippen MR) is 67.2 cm³/mol. The van der Waals surface area contributed by atoms with Gasteiger partial charge < -0.3 is 9.47 Å². The number of benzene rings is 2. The second-order valence-electron chi connectivity index (χ2n) is 3.21. The van der Waals surface area contributed by atoms with Gasteiger partial charge in [-0.05, 0) is 40.2 Å². The summed E-state index contributed by atoms with van der Waals surface area (Å²) >= 11 is 3.44. The molecule has 0 aliphatic rings. The predicted octanol–water partition coefficient (Wildman–Crippen LogP) is 4.25. The molecule has 2 aromatic carbocycles. The molecule has 0 N–H and O–H groups in total. The molecule has 0 aliphatic carbocycles. The van der Waals surface area contributed by atoms with Gasteiger partial charge in [0, 0.05) is 6.07 Å². The van der Waals surface area contributed by atoms with E-state index in [2.05, 4.69) is 15.9 Å².